The molecule has 2 aromatic carbocycles. The molecule has 1 amide bonds. The molecule has 0 fully saturated rings. The summed E-state index contributed by atoms with van der Waals surface area (Å²) in [6.45, 7) is 0.712. The average molecular weight is 348 g/mol. The number of aromatic nitrogens is 1. The first-order valence-electron chi connectivity index (χ1n) is 8.35. The zero-order valence-electron chi connectivity index (χ0n) is 14.2. The van der Waals surface area contributed by atoms with Gasteiger partial charge in [-0.2, -0.15) is 0 Å². The number of ether oxygens (including phenoxy) is 1. The van der Waals surface area contributed by atoms with Gasteiger partial charge in [0, 0.05) is 18.8 Å². The second kappa shape index (κ2) is 8.78. The predicted octanol–water partition coefficient (Wildman–Crippen LogP) is 3.01. The van der Waals surface area contributed by atoms with Crippen LogP contribution in [-0.2, 0) is 17.9 Å². The molecule has 26 heavy (non-hydrogen) atoms. The predicted molar refractivity (Wildman–Crippen MR) is 98.3 cm³/mol. The third-order valence-electron chi connectivity index (χ3n) is 3.86. The van der Waals surface area contributed by atoms with Gasteiger partial charge in [-0.1, -0.05) is 60.7 Å². The lowest BCUT2D eigenvalue weighted by Gasteiger charge is -2.12. The minimum absolute atomic E-state index is 0.285. The maximum atomic E-state index is 12.1. The van der Waals surface area contributed by atoms with Crippen molar-refractivity contribution < 1.29 is 14.6 Å². The standard InChI is InChI=1S/C21H20N2O3/c24-20(18-9-5-2-6-10-18)21(25)23-14-17-11-12-22-19(13-17)26-15-16-7-3-1-4-8-16/h1-13,20,24H,14-15H2,(H,23,25). The number of carbonyl (C=O) groups is 1. The second-order valence-corrected chi connectivity index (χ2v) is 5.81. The third kappa shape index (κ3) is 4.91. The van der Waals surface area contributed by atoms with Crippen LogP contribution in [0, 0.1) is 0 Å². The van der Waals surface area contributed by atoms with Crippen molar-refractivity contribution in [1.82, 2.24) is 10.3 Å². The fourth-order valence-electron chi connectivity index (χ4n) is 2.44. The van der Waals surface area contributed by atoms with Crippen LogP contribution in [0.3, 0.4) is 0 Å². The van der Waals surface area contributed by atoms with Crippen LogP contribution in [0.1, 0.15) is 22.8 Å². The van der Waals surface area contributed by atoms with E-state index in [4.69, 9.17) is 4.74 Å². The molecule has 132 valence electrons. The summed E-state index contributed by atoms with van der Waals surface area (Å²) >= 11 is 0. The summed E-state index contributed by atoms with van der Waals surface area (Å²) in [6, 6.07) is 22.2. The Morgan fingerprint density at radius 3 is 2.42 bits per heavy atom. The van der Waals surface area contributed by atoms with Crippen LogP contribution in [0.25, 0.3) is 0 Å². The molecule has 1 atom stereocenters. The summed E-state index contributed by atoms with van der Waals surface area (Å²) in [4.78, 5) is 16.3. The quantitative estimate of drug-likeness (QED) is 0.688. The summed E-state index contributed by atoms with van der Waals surface area (Å²) in [5.41, 5.74) is 2.46. The van der Waals surface area contributed by atoms with Crippen molar-refractivity contribution in [3.63, 3.8) is 0 Å². The van der Waals surface area contributed by atoms with Crippen molar-refractivity contribution in [2.45, 2.75) is 19.3 Å². The normalized spacial score (nSPS) is 11.6. The molecule has 1 aromatic heterocycles. The average Bonchev–Trinajstić information content (AvgIpc) is 2.71. The Balaban J connectivity index is 1.54. The molecule has 5 nitrogen and oxygen atoms in total. The molecule has 0 radical (unpaired) electrons. The van der Waals surface area contributed by atoms with E-state index in [-0.39, 0.29) is 6.54 Å². The molecule has 0 saturated heterocycles. The number of rotatable bonds is 7. The first-order valence-corrected chi connectivity index (χ1v) is 8.35. The van der Waals surface area contributed by atoms with E-state index in [1.807, 2.05) is 36.4 Å². The van der Waals surface area contributed by atoms with Gasteiger partial charge in [0.05, 0.1) is 0 Å². The van der Waals surface area contributed by atoms with Gasteiger partial charge < -0.3 is 15.2 Å². The molecule has 2 N–H and O–H groups in total. The zero-order valence-corrected chi connectivity index (χ0v) is 14.2. The van der Waals surface area contributed by atoms with E-state index in [2.05, 4.69) is 10.3 Å². The Bertz CT molecular complexity index is 838. The Morgan fingerprint density at radius 1 is 1.00 bits per heavy atom. The van der Waals surface area contributed by atoms with Crippen molar-refractivity contribution in [2.24, 2.45) is 0 Å². The molecule has 5 heteroatoms. The van der Waals surface area contributed by atoms with Gasteiger partial charge in [-0.3, -0.25) is 4.79 Å². The Morgan fingerprint density at radius 2 is 1.69 bits per heavy atom. The number of carbonyl (C=O) groups excluding carboxylic acids is 1. The molecule has 1 heterocycles. The van der Waals surface area contributed by atoms with Crippen molar-refractivity contribution in [1.29, 1.82) is 0 Å². The van der Waals surface area contributed by atoms with Gasteiger partial charge in [0.25, 0.3) is 5.91 Å². The molecule has 0 spiro atoms. The van der Waals surface area contributed by atoms with Crippen molar-refractivity contribution in [2.75, 3.05) is 0 Å². The highest BCUT2D eigenvalue weighted by atomic mass is 16.5. The van der Waals surface area contributed by atoms with E-state index in [9.17, 15) is 9.90 Å². The van der Waals surface area contributed by atoms with Gasteiger partial charge in [0.1, 0.15) is 6.61 Å². The molecule has 0 saturated carbocycles. The fourth-order valence-corrected chi connectivity index (χ4v) is 2.44. The number of nitrogens with one attached hydrogen (secondary N) is 1. The minimum atomic E-state index is -1.19. The summed E-state index contributed by atoms with van der Waals surface area (Å²) < 4.78 is 5.68. The van der Waals surface area contributed by atoms with Crippen LogP contribution in [0.5, 0.6) is 5.88 Å². The number of hydrogen-bond acceptors (Lipinski definition) is 4. The molecule has 0 aliphatic heterocycles. The van der Waals surface area contributed by atoms with Crippen molar-refractivity contribution >= 4 is 5.91 Å². The highest BCUT2D eigenvalue weighted by Crippen LogP contribution is 2.14. The molecular weight excluding hydrogens is 328 g/mol. The first-order chi connectivity index (χ1) is 12.7. The van der Waals surface area contributed by atoms with Gasteiger partial charge in [-0.05, 0) is 22.8 Å². The van der Waals surface area contributed by atoms with E-state index in [1.54, 1.807) is 42.6 Å². The van der Waals surface area contributed by atoms with Gasteiger partial charge >= 0.3 is 0 Å². The van der Waals surface area contributed by atoms with Crippen LogP contribution in [0.2, 0.25) is 0 Å². The summed E-state index contributed by atoms with van der Waals surface area (Å²) in [7, 11) is 0. The van der Waals surface area contributed by atoms with Crippen LogP contribution >= 0.6 is 0 Å². The largest absolute Gasteiger partial charge is 0.473 e. The Hall–Kier alpha value is -3.18. The topological polar surface area (TPSA) is 71.5 Å². The summed E-state index contributed by atoms with van der Waals surface area (Å²) in [6.07, 6.45) is 0.446. The van der Waals surface area contributed by atoms with Crippen LogP contribution in [0.15, 0.2) is 79.0 Å². The lowest BCUT2D eigenvalue weighted by Crippen LogP contribution is -2.28. The van der Waals surface area contributed by atoms with Gasteiger partial charge in [-0.15, -0.1) is 0 Å². The SMILES string of the molecule is O=C(NCc1ccnc(OCc2ccccc2)c1)C(O)c1ccccc1. The van der Waals surface area contributed by atoms with E-state index in [1.165, 1.54) is 0 Å². The number of benzene rings is 2. The van der Waals surface area contributed by atoms with E-state index in [0.29, 0.717) is 18.1 Å². The number of aliphatic hydroxyl groups excluding tert-OH is 1. The smallest absolute Gasteiger partial charge is 0.253 e. The summed E-state index contributed by atoms with van der Waals surface area (Å²) in [5.74, 6) is 0.0453. The monoisotopic (exact) mass is 348 g/mol. The van der Waals surface area contributed by atoms with Crippen LogP contribution in [-0.4, -0.2) is 16.0 Å². The first kappa shape index (κ1) is 17.6. The molecule has 1 unspecified atom stereocenters. The fraction of sp³-hybridized carbons (Fsp3) is 0.143. The number of hydrogen-bond donors (Lipinski definition) is 2. The van der Waals surface area contributed by atoms with Crippen LogP contribution in [0.4, 0.5) is 0 Å². The van der Waals surface area contributed by atoms with Crippen molar-refractivity contribution in [3.05, 3.63) is 95.7 Å². The highest BCUT2D eigenvalue weighted by molar-refractivity contribution is 5.81. The lowest BCUT2D eigenvalue weighted by molar-refractivity contribution is -0.129. The van der Waals surface area contributed by atoms with E-state index >= 15 is 0 Å². The van der Waals surface area contributed by atoms with Gasteiger partial charge in [-0.25, -0.2) is 4.98 Å². The van der Waals surface area contributed by atoms with Crippen molar-refractivity contribution in [3.8, 4) is 5.88 Å². The summed E-state index contributed by atoms with van der Waals surface area (Å²) in [5, 5.41) is 12.8. The molecule has 0 aliphatic rings. The molecule has 0 aliphatic carbocycles. The van der Waals surface area contributed by atoms with E-state index in [0.717, 1.165) is 11.1 Å². The maximum absolute atomic E-state index is 12.1. The maximum Gasteiger partial charge on any atom is 0.253 e. The lowest BCUT2D eigenvalue weighted by atomic mass is 10.1. The zero-order chi connectivity index (χ0) is 18.2. The second-order valence-electron chi connectivity index (χ2n) is 5.81. The molecule has 0 bridgehead atoms. The minimum Gasteiger partial charge on any atom is -0.473 e. The number of pyridine rings is 1. The van der Waals surface area contributed by atoms with Crippen LogP contribution < -0.4 is 10.1 Å². The molecular formula is C21H20N2O3. The Kier molecular flexibility index (Phi) is 5.96. The highest BCUT2D eigenvalue weighted by Gasteiger charge is 2.16. The van der Waals surface area contributed by atoms with Gasteiger partial charge in [0.2, 0.25) is 5.88 Å². The van der Waals surface area contributed by atoms with Gasteiger partial charge in [0.15, 0.2) is 6.10 Å². The third-order valence-corrected chi connectivity index (χ3v) is 3.86. The Labute approximate surface area is 152 Å². The number of nitrogens with zero attached hydrogens (tertiary/aromatic N) is 1. The molecule has 3 rings (SSSR count). The number of aliphatic hydroxyl groups is 1. The number of amides is 1. The molecule has 3 aromatic rings. The van der Waals surface area contributed by atoms with E-state index < -0.39 is 12.0 Å².